The van der Waals surface area contributed by atoms with Crippen molar-refractivity contribution in [1.82, 2.24) is 4.98 Å². The molecule has 1 aromatic carbocycles. The number of ether oxygens (including phenoxy) is 1. The van der Waals surface area contributed by atoms with E-state index in [0.717, 1.165) is 36.7 Å². The Morgan fingerprint density at radius 1 is 1.21 bits per heavy atom. The van der Waals surface area contributed by atoms with Crippen LogP contribution < -0.4 is 10.1 Å². The normalized spacial score (nSPS) is 10.2. The molecule has 0 amide bonds. The number of pyridine rings is 1. The molecule has 100 valence electrons. The summed E-state index contributed by atoms with van der Waals surface area (Å²) < 4.78 is 5.61. The topological polar surface area (TPSA) is 34.1 Å². The standard InChI is InChI=1S/C16H20N2O/c1-3-9-19-16-6-4-5-14(10-16)18-12-15-8-7-13(2)11-17-15/h4-8,10-11,18H,3,9,12H2,1-2H3. The first kappa shape index (κ1) is 13.4. The highest BCUT2D eigenvalue weighted by Gasteiger charge is 1.98. The van der Waals surface area contributed by atoms with Crippen LogP contribution in [0.1, 0.15) is 24.6 Å². The van der Waals surface area contributed by atoms with Gasteiger partial charge in [-0.3, -0.25) is 4.98 Å². The number of nitrogens with one attached hydrogen (secondary N) is 1. The van der Waals surface area contributed by atoms with Crippen LogP contribution in [-0.4, -0.2) is 11.6 Å². The van der Waals surface area contributed by atoms with Crippen LogP contribution in [0.15, 0.2) is 42.6 Å². The van der Waals surface area contributed by atoms with Crippen molar-refractivity contribution < 1.29 is 4.74 Å². The second-order valence-corrected chi connectivity index (χ2v) is 4.56. The highest BCUT2D eigenvalue weighted by molar-refractivity contribution is 5.48. The van der Waals surface area contributed by atoms with Gasteiger partial charge in [-0.2, -0.15) is 0 Å². The minimum atomic E-state index is 0.720. The lowest BCUT2D eigenvalue weighted by Gasteiger charge is -2.09. The van der Waals surface area contributed by atoms with Crippen molar-refractivity contribution in [2.24, 2.45) is 0 Å². The highest BCUT2D eigenvalue weighted by atomic mass is 16.5. The van der Waals surface area contributed by atoms with Crippen molar-refractivity contribution in [3.63, 3.8) is 0 Å². The smallest absolute Gasteiger partial charge is 0.121 e. The Morgan fingerprint density at radius 3 is 2.84 bits per heavy atom. The van der Waals surface area contributed by atoms with Gasteiger partial charge in [0.2, 0.25) is 0 Å². The average Bonchev–Trinajstić information content (AvgIpc) is 2.45. The molecule has 0 aliphatic heterocycles. The Hall–Kier alpha value is -2.03. The molecular weight excluding hydrogens is 236 g/mol. The molecule has 2 aromatic rings. The van der Waals surface area contributed by atoms with Crippen LogP contribution in [-0.2, 0) is 6.54 Å². The zero-order valence-electron chi connectivity index (χ0n) is 11.5. The molecule has 19 heavy (non-hydrogen) atoms. The van der Waals surface area contributed by atoms with Gasteiger partial charge in [-0.25, -0.2) is 0 Å². The zero-order valence-corrected chi connectivity index (χ0v) is 11.5. The predicted octanol–water partition coefficient (Wildman–Crippen LogP) is 3.79. The molecule has 0 aliphatic rings. The molecule has 1 aromatic heterocycles. The summed E-state index contributed by atoms with van der Waals surface area (Å²) in [6, 6.07) is 12.1. The van der Waals surface area contributed by atoms with Crippen LogP contribution in [0.2, 0.25) is 0 Å². The van der Waals surface area contributed by atoms with E-state index in [4.69, 9.17) is 4.74 Å². The summed E-state index contributed by atoms with van der Waals surface area (Å²) in [5.74, 6) is 0.906. The summed E-state index contributed by atoms with van der Waals surface area (Å²) in [6.07, 6.45) is 2.91. The maximum atomic E-state index is 5.61. The van der Waals surface area contributed by atoms with E-state index < -0.39 is 0 Å². The summed E-state index contributed by atoms with van der Waals surface area (Å²) in [4.78, 5) is 4.37. The minimum Gasteiger partial charge on any atom is -0.494 e. The van der Waals surface area contributed by atoms with Crippen molar-refractivity contribution in [3.05, 3.63) is 53.9 Å². The monoisotopic (exact) mass is 256 g/mol. The molecule has 3 nitrogen and oxygen atoms in total. The van der Waals surface area contributed by atoms with Gasteiger partial charge in [0.25, 0.3) is 0 Å². The van der Waals surface area contributed by atoms with E-state index in [9.17, 15) is 0 Å². The van der Waals surface area contributed by atoms with E-state index in [2.05, 4.69) is 23.3 Å². The molecule has 0 fully saturated rings. The number of anilines is 1. The molecule has 2 rings (SSSR count). The lowest BCUT2D eigenvalue weighted by molar-refractivity contribution is 0.317. The van der Waals surface area contributed by atoms with Gasteiger partial charge in [0.15, 0.2) is 0 Å². The van der Waals surface area contributed by atoms with Crippen LogP contribution >= 0.6 is 0 Å². The van der Waals surface area contributed by atoms with E-state index >= 15 is 0 Å². The van der Waals surface area contributed by atoms with Crippen molar-refractivity contribution in [1.29, 1.82) is 0 Å². The Labute approximate surface area is 114 Å². The summed E-state index contributed by atoms with van der Waals surface area (Å²) in [7, 11) is 0. The van der Waals surface area contributed by atoms with Crippen LogP contribution in [0.4, 0.5) is 5.69 Å². The second kappa shape index (κ2) is 6.78. The number of rotatable bonds is 6. The number of aromatic nitrogens is 1. The first-order valence-corrected chi connectivity index (χ1v) is 6.66. The number of benzene rings is 1. The Morgan fingerprint density at radius 2 is 2.11 bits per heavy atom. The van der Waals surface area contributed by atoms with E-state index in [0.29, 0.717) is 0 Å². The fraction of sp³-hybridized carbons (Fsp3) is 0.312. The van der Waals surface area contributed by atoms with E-state index in [1.54, 1.807) is 0 Å². The second-order valence-electron chi connectivity index (χ2n) is 4.56. The molecule has 0 atom stereocenters. The molecule has 0 aliphatic carbocycles. The van der Waals surface area contributed by atoms with Crippen LogP contribution in [0, 0.1) is 6.92 Å². The van der Waals surface area contributed by atoms with E-state index in [1.807, 2.05) is 43.5 Å². The Kier molecular flexibility index (Phi) is 4.78. The Balaban J connectivity index is 1.93. The molecule has 3 heteroatoms. The quantitative estimate of drug-likeness (QED) is 0.853. The van der Waals surface area contributed by atoms with Crippen LogP contribution in [0.25, 0.3) is 0 Å². The summed E-state index contributed by atoms with van der Waals surface area (Å²) in [6.45, 7) is 5.62. The summed E-state index contributed by atoms with van der Waals surface area (Å²) >= 11 is 0. The van der Waals surface area contributed by atoms with Crippen LogP contribution in [0.3, 0.4) is 0 Å². The lowest BCUT2D eigenvalue weighted by atomic mass is 10.2. The molecule has 1 heterocycles. The minimum absolute atomic E-state index is 0.720. The van der Waals surface area contributed by atoms with Gasteiger partial charge in [-0.15, -0.1) is 0 Å². The van der Waals surface area contributed by atoms with Crippen molar-refractivity contribution in [3.8, 4) is 5.75 Å². The third-order valence-electron chi connectivity index (χ3n) is 2.75. The number of aryl methyl sites for hydroxylation is 1. The molecular formula is C16H20N2O. The molecule has 0 saturated heterocycles. The molecule has 0 saturated carbocycles. The molecule has 0 radical (unpaired) electrons. The van der Waals surface area contributed by atoms with E-state index in [-0.39, 0.29) is 0 Å². The molecule has 1 N–H and O–H groups in total. The Bertz CT molecular complexity index is 508. The summed E-state index contributed by atoms with van der Waals surface area (Å²) in [5, 5.41) is 3.35. The number of nitrogens with zero attached hydrogens (tertiary/aromatic N) is 1. The molecule has 0 unspecified atom stereocenters. The highest BCUT2D eigenvalue weighted by Crippen LogP contribution is 2.18. The maximum Gasteiger partial charge on any atom is 0.121 e. The molecule has 0 bridgehead atoms. The number of hydrogen-bond donors (Lipinski definition) is 1. The summed E-state index contributed by atoms with van der Waals surface area (Å²) in [5.41, 5.74) is 3.26. The van der Waals surface area contributed by atoms with Crippen molar-refractivity contribution in [2.45, 2.75) is 26.8 Å². The van der Waals surface area contributed by atoms with Gasteiger partial charge in [-0.1, -0.05) is 19.1 Å². The van der Waals surface area contributed by atoms with E-state index in [1.165, 1.54) is 5.56 Å². The van der Waals surface area contributed by atoms with Crippen molar-refractivity contribution in [2.75, 3.05) is 11.9 Å². The largest absolute Gasteiger partial charge is 0.494 e. The third kappa shape index (κ3) is 4.28. The first-order valence-electron chi connectivity index (χ1n) is 6.66. The maximum absolute atomic E-state index is 5.61. The fourth-order valence-electron chi connectivity index (χ4n) is 1.71. The third-order valence-corrected chi connectivity index (χ3v) is 2.75. The van der Waals surface area contributed by atoms with Gasteiger partial charge in [0.05, 0.1) is 18.8 Å². The predicted molar refractivity (Wildman–Crippen MR) is 78.5 cm³/mol. The SMILES string of the molecule is CCCOc1cccc(NCc2ccc(C)cn2)c1. The van der Waals surface area contributed by atoms with Gasteiger partial charge in [0, 0.05) is 18.0 Å². The first-order chi connectivity index (χ1) is 9.28. The van der Waals surface area contributed by atoms with Gasteiger partial charge in [0.1, 0.15) is 5.75 Å². The number of hydrogen-bond acceptors (Lipinski definition) is 3. The van der Waals surface area contributed by atoms with Gasteiger partial charge in [-0.05, 0) is 37.1 Å². The average molecular weight is 256 g/mol. The van der Waals surface area contributed by atoms with Crippen LogP contribution in [0.5, 0.6) is 5.75 Å². The van der Waals surface area contributed by atoms with Crippen molar-refractivity contribution >= 4 is 5.69 Å². The van der Waals surface area contributed by atoms with Gasteiger partial charge >= 0.3 is 0 Å². The molecule has 0 spiro atoms. The van der Waals surface area contributed by atoms with Gasteiger partial charge < -0.3 is 10.1 Å². The lowest BCUT2D eigenvalue weighted by Crippen LogP contribution is -2.02. The zero-order chi connectivity index (χ0) is 13.5. The fourth-order valence-corrected chi connectivity index (χ4v) is 1.71.